The van der Waals surface area contributed by atoms with Crippen molar-refractivity contribution in [1.82, 2.24) is 0 Å². The standard InChI is InChI=1S/C15H15FN2O3/c1-9-3-4-10(16)7-13(9)21-14-8-11(20-2)5-6-12(14)15(17)18-19/h3-8,19H,1-2H3,(H2,17,18). The Morgan fingerprint density at radius 1 is 1.19 bits per heavy atom. The molecule has 2 rings (SSSR count). The van der Waals surface area contributed by atoms with E-state index in [9.17, 15) is 4.39 Å². The minimum absolute atomic E-state index is 0.110. The molecule has 0 saturated heterocycles. The van der Waals surface area contributed by atoms with Crippen LogP contribution >= 0.6 is 0 Å². The number of halogens is 1. The van der Waals surface area contributed by atoms with E-state index in [1.54, 1.807) is 31.2 Å². The van der Waals surface area contributed by atoms with Crippen LogP contribution in [-0.4, -0.2) is 18.2 Å². The first-order valence-corrected chi connectivity index (χ1v) is 6.15. The highest BCUT2D eigenvalue weighted by Crippen LogP contribution is 2.31. The quantitative estimate of drug-likeness (QED) is 0.393. The molecule has 0 saturated carbocycles. The van der Waals surface area contributed by atoms with Crippen molar-refractivity contribution in [3.8, 4) is 17.2 Å². The van der Waals surface area contributed by atoms with Gasteiger partial charge in [-0.3, -0.25) is 0 Å². The minimum Gasteiger partial charge on any atom is -0.497 e. The van der Waals surface area contributed by atoms with Gasteiger partial charge in [-0.2, -0.15) is 0 Å². The third-order valence-corrected chi connectivity index (χ3v) is 2.94. The van der Waals surface area contributed by atoms with Crippen molar-refractivity contribution in [2.24, 2.45) is 10.9 Å². The predicted octanol–water partition coefficient (Wildman–Crippen LogP) is 3.03. The van der Waals surface area contributed by atoms with Gasteiger partial charge in [-0.25, -0.2) is 4.39 Å². The van der Waals surface area contributed by atoms with E-state index in [4.69, 9.17) is 20.4 Å². The summed E-state index contributed by atoms with van der Waals surface area (Å²) in [5, 5.41) is 11.8. The van der Waals surface area contributed by atoms with Crippen molar-refractivity contribution in [3.63, 3.8) is 0 Å². The molecule has 2 aromatic carbocycles. The molecule has 0 fully saturated rings. The lowest BCUT2D eigenvalue weighted by Gasteiger charge is -2.13. The summed E-state index contributed by atoms with van der Waals surface area (Å²) in [5.41, 5.74) is 6.74. The van der Waals surface area contributed by atoms with Gasteiger partial charge in [0.05, 0.1) is 12.7 Å². The Morgan fingerprint density at radius 3 is 2.62 bits per heavy atom. The van der Waals surface area contributed by atoms with Crippen molar-refractivity contribution in [1.29, 1.82) is 0 Å². The van der Waals surface area contributed by atoms with Crippen molar-refractivity contribution >= 4 is 5.84 Å². The summed E-state index contributed by atoms with van der Waals surface area (Å²) in [6.07, 6.45) is 0. The number of hydrogen-bond donors (Lipinski definition) is 2. The molecule has 3 N–H and O–H groups in total. The first-order valence-electron chi connectivity index (χ1n) is 6.15. The normalized spacial score (nSPS) is 11.3. The molecule has 0 bridgehead atoms. The molecule has 0 aliphatic carbocycles. The van der Waals surface area contributed by atoms with E-state index >= 15 is 0 Å². The van der Waals surface area contributed by atoms with Gasteiger partial charge in [-0.05, 0) is 30.7 Å². The Bertz CT molecular complexity index is 687. The number of benzene rings is 2. The van der Waals surface area contributed by atoms with E-state index in [-0.39, 0.29) is 5.84 Å². The van der Waals surface area contributed by atoms with Crippen molar-refractivity contribution in [2.75, 3.05) is 7.11 Å². The first-order chi connectivity index (χ1) is 10.0. The van der Waals surface area contributed by atoms with Crippen LogP contribution in [0.4, 0.5) is 4.39 Å². The van der Waals surface area contributed by atoms with Crippen LogP contribution in [0.3, 0.4) is 0 Å². The molecule has 2 aromatic rings. The van der Waals surface area contributed by atoms with Crippen LogP contribution < -0.4 is 15.2 Å². The van der Waals surface area contributed by atoms with Gasteiger partial charge in [-0.15, -0.1) is 0 Å². The fourth-order valence-electron chi connectivity index (χ4n) is 1.78. The van der Waals surface area contributed by atoms with Gasteiger partial charge >= 0.3 is 0 Å². The average molecular weight is 290 g/mol. The summed E-state index contributed by atoms with van der Waals surface area (Å²) >= 11 is 0. The van der Waals surface area contributed by atoms with E-state index in [0.29, 0.717) is 22.8 Å². The highest BCUT2D eigenvalue weighted by molar-refractivity contribution is 5.99. The number of amidine groups is 1. The molecule has 0 aliphatic rings. The maximum absolute atomic E-state index is 13.3. The highest BCUT2D eigenvalue weighted by Gasteiger charge is 2.12. The van der Waals surface area contributed by atoms with E-state index < -0.39 is 5.82 Å². The van der Waals surface area contributed by atoms with Gasteiger partial charge in [-0.1, -0.05) is 11.2 Å². The van der Waals surface area contributed by atoms with Crippen LogP contribution in [0.1, 0.15) is 11.1 Å². The number of nitrogens with two attached hydrogens (primary N) is 1. The van der Waals surface area contributed by atoms with Crippen LogP contribution in [0.25, 0.3) is 0 Å². The maximum atomic E-state index is 13.3. The molecule has 0 amide bonds. The smallest absolute Gasteiger partial charge is 0.173 e. The zero-order valence-corrected chi connectivity index (χ0v) is 11.6. The number of oxime groups is 1. The van der Waals surface area contributed by atoms with Crippen LogP contribution in [0.15, 0.2) is 41.6 Å². The Labute approximate surface area is 121 Å². The monoisotopic (exact) mass is 290 g/mol. The molecule has 5 nitrogen and oxygen atoms in total. The van der Waals surface area contributed by atoms with Gasteiger partial charge in [0, 0.05) is 12.1 Å². The van der Waals surface area contributed by atoms with Gasteiger partial charge in [0.1, 0.15) is 23.1 Å². The second kappa shape index (κ2) is 6.13. The summed E-state index contributed by atoms with van der Waals surface area (Å²) in [6.45, 7) is 1.79. The first kappa shape index (κ1) is 14.6. The lowest BCUT2D eigenvalue weighted by molar-refractivity contribution is 0.318. The summed E-state index contributed by atoms with van der Waals surface area (Å²) in [4.78, 5) is 0. The highest BCUT2D eigenvalue weighted by atomic mass is 19.1. The zero-order chi connectivity index (χ0) is 15.4. The third-order valence-electron chi connectivity index (χ3n) is 2.94. The molecule has 0 heterocycles. The molecule has 21 heavy (non-hydrogen) atoms. The summed E-state index contributed by atoms with van der Waals surface area (Å²) < 4.78 is 24.1. The van der Waals surface area contributed by atoms with E-state index in [1.165, 1.54) is 19.2 Å². The number of nitrogens with zero attached hydrogens (tertiary/aromatic N) is 1. The van der Waals surface area contributed by atoms with E-state index in [2.05, 4.69) is 5.16 Å². The Kier molecular flexibility index (Phi) is 4.27. The van der Waals surface area contributed by atoms with Crippen molar-refractivity contribution in [3.05, 3.63) is 53.3 Å². The second-order valence-corrected chi connectivity index (χ2v) is 4.36. The van der Waals surface area contributed by atoms with Crippen LogP contribution in [0, 0.1) is 12.7 Å². The molecule has 0 unspecified atom stereocenters. The van der Waals surface area contributed by atoms with Crippen LogP contribution in [-0.2, 0) is 0 Å². The number of rotatable bonds is 4. The van der Waals surface area contributed by atoms with Crippen LogP contribution in [0.5, 0.6) is 17.2 Å². The number of ether oxygens (including phenoxy) is 2. The molecule has 6 heteroatoms. The molecule has 0 atom stereocenters. The Hall–Kier alpha value is -2.76. The fourth-order valence-corrected chi connectivity index (χ4v) is 1.78. The van der Waals surface area contributed by atoms with Crippen molar-refractivity contribution < 1.29 is 19.1 Å². The fraction of sp³-hybridized carbons (Fsp3) is 0.133. The van der Waals surface area contributed by atoms with E-state index in [0.717, 1.165) is 5.56 Å². The largest absolute Gasteiger partial charge is 0.497 e. The minimum atomic E-state index is -0.413. The topological polar surface area (TPSA) is 77.1 Å². The second-order valence-electron chi connectivity index (χ2n) is 4.36. The molecule has 0 aliphatic heterocycles. The Morgan fingerprint density at radius 2 is 1.95 bits per heavy atom. The molecular weight excluding hydrogens is 275 g/mol. The lowest BCUT2D eigenvalue weighted by atomic mass is 10.1. The van der Waals surface area contributed by atoms with Gasteiger partial charge in [0.25, 0.3) is 0 Å². The summed E-state index contributed by atoms with van der Waals surface area (Å²) in [7, 11) is 1.51. The SMILES string of the molecule is COc1ccc(/C(N)=N/O)c(Oc2cc(F)ccc2C)c1. The summed E-state index contributed by atoms with van der Waals surface area (Å²) in [6, 6.07) is 9.05. The number of methoxy groups -OCH3 is 1. The molecule has 0 spiro atoms. The third kappa shape index (κ3) is 3.22. The number of hydrogen-bond acceptors (Lipinski definition) is 4. The van der Waals surface area contributed by atoms with Crippen LogP contribution in [0.2, 0.25) is 0 Å². The summed E-state index contributed by atoms with van der Waals surface area (Å²) in [5.74, 6) is 0.660. The Balaban J connectivity index is 2.48. The van der Waals surface area contributed by atoms with Gasteiger partial charge in [0.15, 0.2) is 5.84 Å². The number of aryl methyl sites for hydroxylation is 1. The van der Waals surface area contributed by atoms with E-state index in [1.807, 2.05) is 0 Å². The van der Waals surface area contributed by atoms with Gasteiger partial charge < -0.3 is 20.4 Å². The zero-order valence-electron chi connectivity index (χ0n) is 11.6. The molecular formula is C15H15FN2O3. The van der Waals surface area contributed by atoms with Crippen molar-refractivity contribution in [2.45, 2.75) is 6.92 Å². The molecule has 0 aromatic heterocycles. The average Bonchev–Trinajstić information content (AvgIpc) is 2.50. The lowest BCUT2D eigenvalue weighted by Crippen LogP contribution is -2.14. The molecule has 0 radical (unpaired) electrons. The maximum Gasteiger partial charge on any atom is 0.173 e. The van der Waals surface area contributed by atoms with Gasteiger partial charge in [0.2, 0.25) is 0 Å². The predicted molar refractivity (Wildman–Crippen MR) is 76.7 cm³/mol. The molecule has 110 valence electrons.